The predicted octanol–water partition coefficient (Wildman–Crippen LogP) is 0.978. The highest BCUT2D eigenvalue weighted by Gasteiger charge is 2.27. The van der Waals surface area contributed by atoms with Crippen LogP contribution >= 0.6 is 0 Å². The Balaban J connectivity index is 2.07. The lowest BCUT2D eigenvalue weighted by Crippen LogP contribution is -2.52. The van der Waals surface area contributed by atoms with E-state index in [9.17, 15) is 9.90 Å². The van der Waals surface area contributed by atoms with Crippen molar-refractivity contribution in [3.8, 4) is 6.07 Å². The quantitative estimate of drug-likeness (QED) is 0.888. The maximum Gasteiger partial charge on any atom is 0.241 e. The zero-order valence-corrected chi connectivity index (χ0v) is 11.6. The second-order valence-electron chi connectivity index (χ2n) is 4.97. The highest BCUT2D eigenvalue weighted by atomic mass is 16.3. The third kappa shape index (κ3) is 3.16. The Morgan fingerprint density at radius 2 is 2.15 bits per heavy atom. The Morgan fingerprint density at radius 3 is 2.80 bits per heavy atom. The first-order valence-corrected chi connectivity index (χ1v) is 6.85. The van der Waals surface area contributed by atoms with Crippen LogP contribution in [0.3, 0.4) is 0 Å². The van der Waals surface area contributed by atoms with Crippen molar-refractivity contribution in [3.05, 3.63) is 29.8 Å². The number of β-amino-alcohol motifs (C(OH)–C–C–N with tert-alkyl or cyclic N) is 1. The van der Waals surface area contributed by atoms with Crippen molar-refractivity contribution in [2.24, 2.45) is 0 Å². The smallest absolute Gasteiger partial charge is 0.241 e. The number of carbonyl (C=O) groups is 1. The molecule has 0 aromatic heterocycles. The third-order valence-electron chi connectivity index (χ3n) is 3.56. The van der Waals surface area contributed by atoms with Crippen molar-refractivity contribution in [1.82, 2.24) is 4.90 Å². The number of para-hydroxylation sites is 1. The lowest BCUT2D eigenvalue weighted by atomic mass is 10.1. The largest absolute Gasteiger partial charge is 0.392 e. The molecule has 2 rings (SSSR count). The number of carbonyl (C=O) groups excluding carboxylic acids is 1. The van der Waals surface area contributed by atoms with Crippen molar-refractivity contribution >= 4 is 11.6 Å². The summed E-state index contributed by atoms with van der Waals surface area (Å²) in [5, 5.41) is 18.8. The molecule has 1 heterocycles. The molecular formula is C15H19N3O2. The molecule has 1 atom stereocenters. The summed E-state index contributed by atoms with van der Waals surface area (Å²) in [6.07, 6.45) is 0.298. The molecule has 0 unspecified atom stereocenters. The Labute approximate surface area is 119 Å². The molecule has 106 valence electrons. The van der Waals surface area contributed by atoms with Crippen LogP contribution in [0.1, 0.15) is 18.9 Å². The molecule has 1 aliphatic heterocycles. The highest BCUT2D eigenvalue weighted by molar-refractivity contribution is 5.96. The minimum Gasteiger partial charge on any atom is -0.392 e. The summed E-state index contributed by atoms with van der Waals surface area (Å²) in [5.74, 6) is -0.0257. The molecule has 1 aliphatic rings. The average Bonchev–Trinajstić information content (AvgIpc) is 2.47. The number of aliphatic hydroxyl groups is 1. The summed E-state index contributed by atoms with van der Waals surface area (Å²) >= 11 is 0. The summed E-state index contributed by atoms with van der Waals surface area (Å²) in [7, 11) is 0. The third-order valence-corrected chi connectivity index (χ3v) is 3.56. The van der Waals surface area contributed by atoms with Crippen LogP contribution in [-0.4, -0.2) is 48.2 Å². The molecule has 1 N–H and O–H groups in total. The minimum absolute atomic E-state index is 0.0257. The molecule has 1 fully saturated rings. The molecule has 1 amide bonds. The molecule has 1 aromatic carbocycles. The number of aliphatic hydroxyl groups excluding tert-OH is 1. The lowest BCUT2D eigenvalue weighted by molar-refractivity contribution is -0.121. The van der Waals surface area contributed by atoms with Gasteiger partial charge < -0.3 is 10.0 Å². The van der Waals surface area contributed by atoms with Gasteiger partial charge in [0.15, 0.2) is 0 Å². The van der Waals surface area contributed by atoms with E-state index in [2.05, 4.69) is 6.07 Å². The van der Waals surface area contributed by atoms with Gasteiger partial charge in [-0.25, -0.2) is 0 Å². The molecule has 5 nitrogen and oxygen atoms in total. The van der Waals surface area contributed by atoms with Crippen molar-refractivity contribution in [2.75, 3.05) is 31.1 Å². The number of benzene rings is 1. The zero-order chi connectivity index (χ0) is 14.5. The second-order valence-corrected chi connectivity index (χ2v) is 4.97. The van der Waals surface area contributed by atoms with Gasteiger partial charge in [-0.3, -0.25) is 9.69 Å². The van der Waals surface area contributed by atoms with E-state index in [0.717, 1.165) is 0 Å². The molecule has 5 heteroatoms. The van der Waals surface area contributed by atoms with Gasteiger partial charge in [-0.15, -0.1) is 0 Å². The Kier molecular flexibility index (Phi) is 4.72. The van der Waals surface area contributed by atoms with E-state index in [1.165, 1.54) is 0 Å². The van der Waals surface area contributed by atoms with Crippen LogP contribution in [0, 0.1) is 11.3 Å². The molecule has 1 aromatic rings. The Bertz CT molecular complexity index is 524. The van der Waals surface area contributed by atoms with Gasteiger partial charge in [0.2, 0.25) is 5.91 Å². The van der Waals surface area contributed by atoms with Crippen molar-refractivity contribution in [1.29, 1.82) is 5.26 Å². The minimum atomic E-state index is -0.388. The second kappa shape index (κ2) is 6.51. The van der Waals surface area contributed by atoms with Gasteiger partial charge in [0.1, 0.15) is 6.07 Å². The first-order valence-electron chi connectivity index (χ1n) is 6.85. The zero-order valence-electron chi connectivity index (χ0n) is 11.6. The predicted molar refractivity (Wildman–Crippen MR) is 76.2 cm³/mol. The van der Waals surface area contributed by atoms with Crippen LogP contribution in [0.4, 0.5) is 5.69 Å². The van der Waals surface area contributed by atoms with Gasteiger partial charge in [-0.05, 0) is 18.6 Å². The van der Waals surface area contributed by atoms with Gasteiger partial charge in [-0.2, -0.15) is 5.26 Å². The number of hydrogen-bond donors (Lipinski definition) is 1. The van der Waals surface area contributed by atoms with Crippen molar-refractivity contribution < 1.29 is 9.90 Å². The lowest BCUT2D eigenvalue weighted by Gasteiger charge is -2.35. The van der Waals surface area contributed by atoms with E-state index in [1.54, 1.807) is 23.1 Å². The van der Waals surface area contributed by atoms with Crippen LogP contribution in [0.5, 0.6) is 0 Å². The van der Waals surface area contributed by atoms with Crippen molar-refractivity contribution in [3.63, 3.8) is 0 Å². The molecule has 0 radical (unpaired) electrons. The summed E-state index contributed by atoms with van der Waals surface area (Å²) in [4.78, 5) is 15.9. The van der Waals surface area contributed by atoms with E-state index in [0.29, 0.717) is 37.3 Å². The average molecular weight is 273 g/mol. The van der Waals surface area contributed by atoms with Crippen LogP contribution in [0.25, 0.3) is 0 Å². The fourth-order valence-electron chi connectivity index (χ4n) is 2.36. The van der Waals surface area contributed by atoms with Gasteiger partial charge >= 0.3 is 0 Å². The van der Waals surface area contributed by atoms with Gasteiger partial charge in [-0.1, -0.05) is 19.1 Å². The maximum atomic E-state index is 12.2. The fourth-order valence-corrected chi connectivity index (χ4v) is 2.36. The number of amides is 1. The maximum absolute atomic E-state index is 12.2. The van der Waals surface area contributed by atoms with Crippen LogP contribution in [-0.2, 0) is 4.79 Å². The summed E-state index contributed by atoms with van der Waals surface area (Å²) in [6, 6.07) is 9.26. The van der Waals surface area contributed by atoms with Crippen LogP contribution < -0.4 is 4.90 Å². The van der Waals surface area contributed by atoms with E-state index >= 15 is 0 Å². The van der Waals surface area contributed by atoms with E-state index in [4.69, 9.17) is 5.26 Å². The number of piperazine rings is 1. The van der Waals surface area contributed by atoms with Gasteiger partial charge in [0.25, 0.3) is 0 Å². The van der Waals surface area contributed by atoms with Crippen LogP contribution in [0.15, 0.2) is 24.3 Å². The topological polar surface area (TPSA) is 67.6 Å². The number of nitrogens with zero attached hydrogens (tertiary/aromatic N) is 3. The summed E-state index contributed by atoms with van der Waals surface area (Å²) in [5.41, 5.74) is 1.19. The fraction of sp³-hybridized carbons (Fsp3) is 0.467. The number of anilines is 1. The summed E-state index contributed by atoms with van der Waals surface area (Å²) < 4.78 is 0. The first-order chi connectivity index (χ1) is 9.65. The molecular weight excluding hydrogens is 254 g/mol. The van der Waals surface area contributed by atoms with Crippen LogP contribution in [0.2, 0.25) is 0 Å². The number of hydrogen-bond acceptors (Lipinski definition) is 4. The number of nitriles is 1. The Morgan fingerprint density at radius 1 is 1.40 bits per heavy atom. The molecule has 0 aliphatic carbocycles. The van der Waals surface area contributed by atoms with E-state index < -0.39 is 0 Å². The standard InChI is InChI=1S/C15H19N3O2/c1-2-13(19)10-17-7-8-18(15(20)11-17)14-6-4-3-5-12(14)9-16/h3-6,13,19H,2,7-8,10-11H2,1H3/t13-/m0/s1. The highest BCUT2D eigenvalue weighted by Crippen LogP contribution is 2.21. The SMILES string of the molecule is CC[C@H](O)CN1CCN(c2ccccc2C#N)C(=O)C1. The monoisotopic (exact) mass is 273 g/mol. The van der Waals surface area contributed by atoms with Gasteiger partial charge in [0.05, 0.1) is 23.9 Å². The number of rotatable bonds is 4. The Hall–Kier alpha value is -1.90. The summed E-state index contributed by atoms with van der Waals surface area (Å²) in [6.45, 7) is 4.00. The molecule has 20 heavy (non-hydrogen) atoms. The molecule has 1 saturated heterocycles. The normalized spacial score (nSPS) is 17.9. The molecule has 0 saturated carbocycles. The first kappa shape index (κ1) is 14.5. The molecule has 0 spiro atoms. The van der Waals surface area contributed by atoms with E-state index in [1.807, 2.05) is 17.9 Å². The van der Waals surface area contributed by atoms with Crippen molar-refractivity contribution in [2.45, 2.75) is 19.4 Å². The molecule has 0 bridgehead atoms. The van der Waals surface area contributed by atoms with E-state index in [-0.39, 0.29) is 18.6 Å². The van der Waals surface area contributed by atoms with Gasteiger partial charge in [0, 0.05) is 19.6 Å².